The summed E-state index contributed by atoms with van der Waals surface area (Å²) < 4.78 is 5.27. The van der Waals surface area contributed by atoms with Crippen molar-refractivity contribution in [2.45, 2.75) is 0 Å². The first-order valence-corrected chi connectivity index (χ1v) is 8.55. The molecule has 0 radical (unpaired) electrons. The zero-order valence-electron chi connectivity index (χ0n) is 14.2. The van der Waals surface area contributed by atoms with E-state index >= 15 is 0 Å². The van der Waals surface area contributed by atoms with Crippen LogP contribution in [0.15, 0.2) is 83.9 Å². The van der Waals surface area contributed by atoms with E-state index in [1.165, 1.54) is 6.08 Å². The predicted octanol–water partition coefficient (Wildman–Crippen LogP) is 5.42. The third kappa shape index (κ3) is 5.83. The number of phenols is 1. The summed E-state index contributed by atoms with van der Waals surface area (Å²) in [7, 11) is 0. The van der Waals surface area contributed by atoms with E-state index in [1.807, 2.05) is 12.1 Å². The average molecular weight is 378 g/mol. The molecule has 0 unspecified atom stereocenters. The summed E-state index contributed by atoms with van der Waals surface area (Å²) in [6.07, 6.45) is 4.72. The van der Waals surface area contributed by atoms with Gasteiger partial charge in [-0.05, 0) is 77.9 Å². The quantitative estimate of drug-likeness (QED) is 0.280. The van der Waals surface area contributed by atoms with Crippen LogP contribution in [0.3, 0.4) is 0 Å². The molecule has 0 aliphatic rings. The lowest BCUT2D eigenvalue weighted by Crippen LogP contribution is -2.03. The number of aliphatic imine (C=N–C) groups is 1. The Morgan fingerprint density at radius 1 is 0.889 bits per heavy atom. The highest BCUT2D eigenvalue weighted by atomic mass is 35.5. The van der Waals surface area contributed by atoms with Gasteiger partial charge in [0.1, 0.15) is 11.5 Å². The highest BCUT2D eigenvalue weighted by Crippen LogP contribution is 2.17. The number of aromatic hydroxyl groups is 1. The largest absolute Gasteiger partial charge is 0.508 e. The van der Waals surface area contributed by atoms with E-state index in [9.17, 15) is 9.90 Å². The van der Waals surface area contributed by atoms with E-state index in [0.717, 1.165) is 16.8 Å². The van der Waals surface area contributed by atoms with E-state index in [0.29, 0.717) is 10.8 Å². The molecule has 0 aliphatic heterocycles. The Bertz CT molecular complexity index is 960. The Hall–Kier alpha value is -3.37. The van der Waals surface area contributed by atoms with Gasteiger partial charge in [0.15, 0.2) is 0 Å². The van der Waals surface area contributed by atoms with Gasteiger partial charge in [0.2, 0.25) is 0 Å². The van der Waals surface area contributed by atoms with E-state index in [4.69, 9.17) is 16.3 Å². The highest BCUT2D eigenvalue weighted by molar-refractivity contribution is 6.30. The molecule has 0 aliphatic carbocycles. The molecule has 3 rings (SSSR count). The summed E-state index contributed by atoms with van der Waals surface area (Å²) in [6.45, 7) is 0. The number of phenolic OH excluding ortho intramolecular Hbond substituents is 1. The molecule has 27 heavy (non-hydrogen) atoms. The minimum atomic E-state index is -0.463. The van der Waals surface area contributed by atoms with Crippen LogP contribution in [0.25, 0.3) is 6.08 Å². The van der Waals surface area contributed by atoms with Gasteiger partial charge >= 0.3 is 5.97 Å². The number of hydrogen-bond acceptors (Lipinski definition) is 4. The number of benzene rings is 3. The molecule has 3 aromatic carbocycles. The van der Waals surface area contributed by atoms with Gasteiger partial charge in [-0.3, -0.25) is 4.99 Å². The van der Waals surface area contributed by atoms with Crippen LogP contribution in [0.2, 0.25) is 5.02 Å². The highest BCUT2D eigenvalue weighted by Gasteiger charge is 2.00. The van der Waals surface area contributed by atoms with Crippen molar-refractivity contribution in [3.05, 3.63) is 95.0 Å². The number of halogens is 1. The third-order valence-electron chi connectivity index (χ3n) is 3.59. The van der Waals surface area contributed by atoms with Crippen LogP contribution in [-0.4, -0.2) is 17.3 Å². The summed E-state index contributed by atoms with van der Waals surface area (Å²) in [5, 5.41) is 9.90. The van der Waals surface area contributed by atoms with E-state index in [1.54, 1.807) is 73.0 Å². The molecule has 0 atom stereocenters. The molecule has 1 N–H and O–H groups in total. The number of carbonyl (C=O) groups is 1. The number of carbonyl (C=O) groups excluding carboxylic acids is 1. The van der Waals surface area contributed by atoms with Crippen LogP contribution in [0.5, 0.6) is 11.5 Å². The van der Waals surface area contributed by atoms with E-state index < -0.39 is 5.97 Å². The maximum atomic E-state index is 11.9. The molecule has 0 bridgehead atoms. The molecule has 0 amide bonds. The van der Waals surface area contributed by atoms with E-state index in [2.05, 4.69) is 4.99 Å². The van der Waals surface area contributed by atoms with Crippen LogP contribution < -0.4 is 4.74 Å². The van der Waals surface area contributed by atoms with Crippen molar-refractivity contribution >= 4 is 35.5 Å². The summed E-state index contributed by atoms with van der Waals surface area (Å²) in [4.78, 5) is 16.2. The molecule has 0 heterocycles. The molecular formula is C22H16ClNO3. The van der Waals surface area contributed by atoms with Gasteiger partial charge in [0.05, 0.1) is 5.69 Å². The fourth-order valence-corrected chi connectivity index (χ4v) is 2.32. The number of hydrogen-bond donors (Lipinski definition) is 1. The zero-order chi connectivity index (χ0) is 19.1. The summed E-state index contributed by atoms with van der Waals surface area (Å²) in [6, 6.07) is 20.7. The number of rotatable bonds is 5. The van der Waals surface area contributed by atoms with Crippen molar-refractivity contribution in [2.24, 2.45) is 4.99 Å². The Labute approximate surface area is 162 Å². The molecule has 3 aromatic rings. The predicted molar refractivity (Wildman–Crippen MR) is 108 cm³/mol. The second kappa shape index (κ2) is 8.83. The number of esters is 1. The van der Waals surface area contributed by atoms with Crippen LogP contribution in [0, 0.1) is 0 Å². The molecule has 5 heteroatoms. The van der Waals surface area contributed by atoms with Crippen LogP contribution >= 0.6 is 11.6 Å². The maximum absolute atomic E-state index is 11.9. The molecule has 0 aromatic heterocycles. The summed E-state index contributed by atoms with van der Waals surface area (Å²) in [5.41, 5.74) is 2.45. The first-order chi connectivity index (χ1) is 13.1. The SMILES string of the molecule is O=C(C=Cc1ccc(Cl)cc1)Oc1ccc(C=Nc2ccc(O)cc2)cc1. The Morgan fingerprint density at radius 3 is 2.19 bits per heavy atom. The van der Waals surface area contributed by atoms with Crippen molar-refractivity contribution in [1.29, 1.82) is 0 Å². The van der Waals surface area contributed by atoms with Gasteiger partial charge in [-0.1, -0.05) is 23.7 Å². The van der Waals surface area contributed by atoms with Gasteiger partial charge in [-0.15, -0.1) is 0 Å². The Kier molecular flexibility index (Phi) is 6.02. The smallest absolute Gasteiger partial charge is 0.336 e. The minimum Gasteiger partial charge on any atom is -0.508 e. The van der Waals surface area contributed by atoms with Gasteiger partial charge in [-0.2, -0.15) is 0 Å². The van der Waals surface area contributed by atoms with Crippen LogP contribution in [-0.2, 0) is 4.79 Å². The monoisotopic (exact) mass is 377 g/mol. The van der Waals surface area contributed by atoms with Gasteiger partial charge in [0, 0.05) is 17.3 Å². The molecule has 134 valence electrons. The lowest BCUT2D eigenvalue weighted by molar-refractivity contribution is -0.128. The van der Waals surface area contributed by atoms with Crippen LogP contribution in [0.1, 0.15) is 11.1 Å². The standard InChI is InChI=1S/C22H16ClNO3/c23-18-6-1-16(2-7-18)5-14-22(26)27-21-12-3-17(4-13-21)15-24-19-8-10-20(25)11-9-19/h1-15,25H. The van der Waals surface area contributed by atoms with Crippen molar-refractivity contribution < 1.29 is 14.6 Å². The normalized spacial score (nSPS) is 11.1. The Balaban J connectivity index is 1.57. The van der Waals surface area contributed by atoms with Gasteiger partial charge < -0.3 is 9.84 Å². The second-order valence-electron chi connectivity index (χ2n) is 5.65. The Morgan fingerprint density at radius 2 is 1.52 bits per heavy atom. The maximum Gasteiger partial charge on any atom is 0.336 e. The fourth-order valence-electron chi connectivity index (χ4n) is 2.20. The first-order valence-electron chi connectivity index (χ1n) is 8.17. The van der Waals surface area contributed by atoms with Gasteiger partial charge in [-0.25, -0.2) is 4.79 Å². The lowest BCUT2D eigenvalue weighted by Gasteiger charge is -2.02. The second-order valence-corrected chi connectivity index (χ2v) is 6.09. The molecule has 0 spiro atoms. The van der Waals surface area contributed by atoms with Crippen LogP contribution in [0.4, 0.5) is 5.69 Å². The van der Waals surface area contributed by atoms with Crippen molar-refractivity contribution in [3.8, 4) is 11.5 Å². The minimum absolute atomic E-state index is 0.199. The topological polar surface area (TPSA) is 58.9 Å². The zero-order valence-corrected chi connectivity index (χ0v) is 15.0. The molecule has 0 fully saturated rings. The molecule has 0 saturated heterocycles. The lowest BCUT2D eigenvalue weighted by atomic mass is 10.2. The molecule has 4 nitrogen and oxygen atoms in total. The van der Waals surface area contributed by atoms with E-state index in [-0.39, 0.29) is 5.75 Å². The fraction of sp³-hybridized carbons (Fsp3) is 0. The summed E-state index contributed by atoms with van der Waals surface area (Å²) >= 11 is 5.82. The number of nitrogens with zero attached hydrogens (tertiary/aromatic N) is 1. The third-order valence-corrected chi connectivity index (χ3v) is 3.84. The summed E-state index contributed by atoms with van der Waals surface area (Å²) in [5.74, 6) is 0.184. The average Bonchev–Trinajstić information content (AvgIpc) is 2.68. The number of ether oxygens (including phenoxy) is 1. The van der Waals surface area contributed by atoms with Crippen molar-refractivity contribution in [2.75, 3.05) is 0 Å². The van der Waals surface area contributed by atoms with Gasteiger partial charge in [0.25, 0.3) is 0 Å². The molecular weight excluding hydrogens is 362 g/mol. The van der Waals surface area contributed by atoms with Crippen molar-refractivity contribution in [1.82, 2.24) is 0 Å². The first kappa shape index (κ1) is 18.4. The molecule has 0 saturated carbocycles. The van der Waals surface area contributed by atoms with Crippen molar-refractivity contribution in [3.63, 3.8) is 0 Å².